The minimum atomic E-state index is 0.859. The van der Waals surface area contributed by atoms with E-state index >= 15 is 0 Å². The van der Waals surface area contributed by atoms with Gasteiger partial charge in [-0.05, 0) is 45.8 Å². The summed E-state index contributed by atoms with van der Waals surface area (Å²) in [5, 5.41) is 11.3. The molecule has 0 aliphatic heterocycles. The largest absolute Gasteiger partial charge is 0.290 e. The first-order chi connectivity index (χ1) is 23.3. The Morgan fingerprint density at radius 1 is 0.489 bits per heavy atom. The molecule has 0 N–H and O–H groups in total. The van der Waals surface area contributed by atoms with E-state index in [1.807, 2.05) is 11.3 Å². The summed E-state index contributed by atoms with van der Waals surface area (Å²) in [6.45, 7) is 0. The molecule has 0 fully saturated rings. The number of rotatable bonds is 2. The Bertz CT molecular complexity index is 3070. The molecule has 7 aromatic carbocycles. The van der Waals surface area contributed by atoms with Gasteiger partial charge in [0.2, 0.25) is 0 Å². The zero-order chi connectivity index (χ0) is 30.6. The zero-order valence-corrected chi connectivity index (χ0v) is 26.6. The van der Waals surface area contributed by atoms with Gasteiger partial charge >= 0.3 is 0 Å². The van der Waals surface area contributed by atoms with Crippen molar-refractivity contribution < 1.29 is 0 Å². The van der Waals surface area contributed by atoms with Crippen molar-refractivity contribution in [2.24, 2.45) is 0 Å². The number of para-hydroxylation sites is 1. The fourth-order valence-corrected chi connectivity index (χ4v) is 9.85. The summed E-state index contributed by atoms with van der Waals surface area (Å²) in [5.41, 5.74) is 5.22. The van der Waals surface area contributed by atoms with Crippen molar-refractivity contribution in [3.63, 3.8) is 0 Å². The second-order valence-electron chi connectivity index (χ2n) is 12.1. The Hall–Kier alpha value is -5.62. The van der Waals surface area contributed by atoms with Crippen molar-refractivity contribution in [1.29, 1.82) is 0 Å². The number of aromatic nitrogens is 3. The van der Waals surface area contributed by atoms with E-state index in [0.29, 0.717) is 0 Å². The third kappa shape index (κ3) is 3.50. The van der Waals surface area contributed by atoms with Crippen molar-refractivity contribution in [2.75, 3.05) is 0 Å². The van der Waals surface area contributed by atoms with E-state index in [9.17, 15) is 0 Å². The molecular weight excluding hydrogens is 611 g/mol. The van der Waals surface area contributed by atoms with E-state index in [2.05, 4.69) is 144 Å². The maximum atomic E-state index is 5.58. The van der Waals surface area contributed by atoms with E-state index in [1.54, 1.807) is 11.3 Å². The third-order valence-corrected chi connectivity index (χ3v) is 11.8. The van der Waals surface area contributed by atoms with Crippen molar-refractivity contribution in [2.45, 2.75) is 0 Å². The predicted octanol–water partition coefficient (Wildman–Crippen LogP) is 12.3. The first kappa shape index (κ1) is 25.6. The van der Waals surface area contributed by atoms with Crippen LogP contribution in [0.15, 0.2) is 140 Å². The molecule has 11 rings (SSSR count). The van der Waals surface area contributed by atoms with Gasteiger partial charge < -0.3 is 0 Å². The lowest BCUT2D eigenvalue weighted by molar-refractivity contribution is 1.09. The maximum absolute atomic E-state index is 5.58. The van der Waals surface area contributed by atoms with Gasteiger partial charge in [-0.3, -0.25) is 4.57 Å². The van der Waals surface area contributed by atoms with E-state index in [-0.39, 0.29) is 0 Å². The van der Waals surface area contributed by atoms with Gasteiger partial charge in [0.05, 0.1) is 15.7 Å². The molecule has 0 radical (unpaired) electrons. The zero-order valence-electron chi connectivity index (χ0n) is 24.9. The van der Waals surface area contributed by atoms with Crippen LogP contribution in [0.1, 0.15) is 0 Å². The molecule has 47 heavy (non-hydrogen) atoms. The number of thiophene rings is 2. The van der Waals surface area contributed by atoms with Crippen LogP contribution in [0.3, 0.4) is 0 Å². The van der Waals surface area contributed by atoms with Crippen LogP contribution in [0.4, 0.5) is 0 Å². The number of fused-ring (bicyclic) bond motifs is 14. The average molecular weight is 634 g/mol. The molecule has 0 amide bonds. The van der Waals surface area contributed by atoms with E-state index < -0.39 is 0 Å². The highest BCUT2D eigenvalue weighted by molar-refractivity contribution is 7.27. The lowest BCUT2D eigenvalue weighted by Crippen LogP contribution is -2.03. The maximum Gasteiger partial charge on any atom is 0.165 e. The van der Waals surface area contributed by atoms with Gasteiger partial charge in [0.1, 0.15) is 16.0 Å². The van der Waals surface area contributed by atoms with Crippen LogP contribution < -0.4 is 0 Å². The number of hydrogen-bond donors (Lipinski definition) is 0. The summed E-state index contributed by atoms with van der Waals surface area (Å²) < 4.78 is 6.18. The highest BCUT2D eigenvalue weighted by Gasteiger charge is 2.25. The fraction of sp³-hybridized carbons (Fsp3) is 0. The van der Waals surface area contributed by atoms with E-state index in [1.165, 1.54) is 62.7 Å². The molecule has 3 nitrogen and oxygen atoms in total. The number of benzene rings is 7. The lowest BCUT2D eigenvalue weighted by atomic mass is 9.98. The molecular formula is C42H23N3S2. The molecule has 0 saturated heterocycles. The van der Waals surface area contributed by atoms with Gasteiger partial charge in [0, 0.05) is 41.9 Å². The van der Waals surface area contributed by atoms with Gasteiger partial charge in [0.15, 0.2) is 5.82 Å². The minimum Gasteiger partial charge on any atom is -0.290 e. The molecule has 0 aliphatic carbocycles. The summed E-state index contributed by atoms with van der Waals surface area (Å²) in [4.78, 5) is 12.0. The Kier molecular flexibility index (Phi) is 5.14. The van der Waals surface area contributed by atoms with Gasteiger partial charge in [-0.1, -0.05) is 115 Å². The van der Waals surface area contributed by atoms with Crippen molar-refractivity contribution in [3.05, 3.63) is 140 Å². The average Bonchev–Trinajstić information content (AvgIpc) is 3.80. The number of nitrogens with zero attached hydrogens (tertiary/aromatic N) is 3. The number of hydrogen-bond acceptors (Lipinski definition) is 4. The molecule has 4 heterocycles. The highest BCUT2D eigenvalue weighted by Crippen LogP contribution is 2.49. The van der Waals surface area contributed by atoms with Crippen LogP contribution in [0, 0.1) is 0 Å². The van der Waals surface area contributed by atoms with Crippen LogP contribution in [-0.2, 0) is 0 Å². The molecule has 0 unspecified atom stereocenters. The SMILES string of the molecule is c1ccc(-c2nc3sc4ccccc4c3nc2-n2c3ccccc3c3c4ccccc4c4c5cc6ccccc6cc5sc4c32)cc1. The molecule has 4 aromatic heterocycles. The summed E-state index contributed by atoms with van der Waals surface area (Å²) >= 11 is 3.60. The molecule has 11 aromatic rings. The van der Waals surface area contributed by atoms with Gasteiger partial charge in [-0.15, -0.1) is 22.7 Å². The van der Waals surface area contributed by atoms with Crippen LogP contribution in [0.2, 0.25) is 0 Å². The molecule has 5 heteroatoms. The Balaban J connectivity index is 1.41. The predicted molar refractivity (Wildman–Crippen MR) is 203 cm³/mol. The van der Waals surface area contributed by atoms with Gasteiger partial charge in [-0.2, -0.15) is 0 Å². The van der Waals surface area contributed by atoms with Gasteiger partial charge in [0.25, 0.3) is 0 Å². The first-order valence-electron chi connectivity index (χ1n) is 15.8. The molecule has 0 aliphatic rings. The first-order valence-corrected chi connectivity index (χ1v) is 17.4. The van der Waals surface area contributed by atoms with E-state index in [0.717, 1.165) is 38.3 Å². The Labute approximate surface area is 276 Å². The smallest absolute Gasteiger partial charge is 0.165 e. The summed E-state index contributed by atoms with van der Waals surface area (Å²) in [6.07, 6.45) is 0. The van der Waals surface area contributed by atoms with Gasteiger partial charge in [-0.25, -0.2) is 9.97 Å². The molecule has 218 valence electrons. The molecule has 0 spiro atoms. The third-order valence-electron chi connectivity index (χ3n) is 9.57. The van der Waals surface area contributed by atoms with Crippen LogP contribution >= 0.6 is 22.7 Å². The second-order valence-corrected chi connectivity index (χ2v) is 14.2. The monoisotopic (exact) mass is 633 g/mol. The topological polar surface area (TPSA) is 30.7 Å². The highest BCUT2D eigenvalue weighted by atomic mass is 32.1. The molecule has 0 bridgehead atoms. The van der Waals surface area contributed by atoms with Crippen molar-refractivity contribution in [1.82, 2.24) is 14.5 Å². The minimum absolute atomic E-state index is 0.859. The lowest BCUT2D eigenvalue weighted by Gasteiger charge is -2.13. The normalized spacial score (nSPS) is 12.3. The Morgan fingerprint density at radius 2 is 1.15 bits per heavy atom. The molecule has 0 atom stereocenters. The second kappa shape index (κ2) is 9.46. The van der Waals surface area contributed by atoms with Crippen molar-refractivity contribution in [3.8, 4) is 17.1 Å². The Morgan fingerprint density at radius 3 is 1.98 bits per heavy atom. The quantitative estimate of drug-likeness (QED) is 0.190. The molecule has 0 saturated carbocycles. The van der Waals surface area contributed by atoms with Crippen LogP contribution in [-0.4, -0.2) is 14.5 Å². The van der Waals surface area contributed by atoms with Crippen molar-refractivity contribution >= 4 is 107 Å². The fourth-order valence-electron chi connectivity index (χ4n) is 7.54. The summed E-state index contributed by atoms with van der Waals surface area (Å²) in [7, 11) is 0. The standard InChI is InChI=1S/C42H23N3S2/c1-2-12-24(13-3-1)37-41(43-38-30-19-9-11-21-33(30)47-42(38)44-37)45-32-20-10-8-18-29(32)35-27-16-6-7-17-28(27)36-31-22-25-14-4-5-15-26(25)23-34(31)46-40(36)39(35)45/h1-23H. The van der Waals surface area contributed by atoms with Crippen LogP contribution in [0.5, 0.6) is 0 Å². The van der Waals surface area contributed by atoms with E-state index in [4.69, 9.17) is 9.97 Å². The van der Waals surface area contributed by atoms with Crippen LogP contribution in [0.25, 0.3) is 101 Å². The summed E-state index contributed by atoms with van der Waals surface area (Å²) in [5.74, 6) is 0.859. The summed E-state index contributed by atoms with van der Waals surface area (Å²) in [6, 6.07) is 50.2.